The second kappa shape index (κ2) is 11.4. The van der Waals surface area contributed by atoms with E-state index in [9.17, 15) is 22.7 Å². The zero-order chi connectivity index (χ0) is 29.5. The second-order valence-electron chi connectivity index (χ2n) is 9.65. The van der Waals surface area contributed by atoms with Gasteiger partial charge in [-0.2, -0.15) is 0 Å². The molecule has 1 amide bonds. The Morgan fingerprint density at radius 3 is 2.61 bits per heavy atom. The summed E-state index contributed by atoms with van der Waals surface area (Å²) in [7, 11) is -4.48. The molecular weight excluding hydrogens is 599 g/mol. The fraction of sp³-hybridized carbons (Fsp3) is 0.222. The minimum absolute atomic E-state index is 0.00375. The van der Waals surface area contributed by atoms with E-state index in [1.54, 1.807) is 6.07 Å². The Balaban J connectivity index is 1.43. The lowest BCUT2D eigenvalue weighted by molar-refractivity contribution is -0.121. The molecule has 1 aliphatic carbocycles. The number of fused-ring (bicyclic) bond motifs is 1. The van der Waals surface area contributed by atoms with Crippen LogP contribution in [0.3, 0.4) is 0 Å². The number of nitrogens with one attached hydrogen (secondary N) is 2. The molecule has 14 heteroatoms. The van der Waals surface area contributed by atoms with Crippen molar-refractivity contribution in [2.24, 2.45) is 11.7 Å². The Labute approximate surface area is 243 Å². The maximum atomic E-state index is 15.6. The first kappa shape index (κ1) is 28.9. The molecule has 0 radical (unpaired) electrons. The molecule has 0 bridgehead atoms. The largest absolute Gasteiger partial charge is 0.392 e. The number of amides is 1. The zero-order valence-corrected chi connectivity index (χ0v) is 23.5. The standard InChI is InChI=1S/C27H23Cl2F2N5O4S/c28-17-8-16(12-37)24(29)22(10-17)41(39,40)36-21-6-4-19(30)23(25(21)31)13-2-5-20-15(7-13)11-33-27(35-20)34-18-3-1-14(9-18)26(32)38/h2,4-8,10-11,14,18,36-37H,1,3,9,12H2,(H2,32,38)(H,33,34,35)/t14-,18-/m1/s1. The van der Waals surface area contributed by atoms with Crippen LogP contribution < -0.4 is 15.8 Å². The minimum atomic E-state index is -4.48. The number of nitrogens with zero attached hydrogens (tertiary/aromatic N) is 2. The highest BCUT2D eigenvalue weighted by Gasteiger charge is 2.29. The van der Waals surface area contributed by atoms with Crippen LogP contribution in [0.1, 0.15) is 24.8 Å². The average molecular weight is 622 g/mol. The molecule has 3 aromatic carbocycles. The fourth-order valence-corrected chi connectivity index (χ4v) is 6.82. The van der Waals surface area contributed by atoms with E-state index in [1.165, 1.54) is 24.4 Å². The summed E-state index contributed by atoms with van der Waals surface area (Å²) in [4.78, 5) is 19.7. The minimum Gasteiger partial charge on any atom is -0.392 e. The second-order valence-corrected chi connectivity index (χ2v) is 12.1. The van der Waals surface area contributed by atoms with Gasteiger partial charge in [0.2, 0.25) is 11.9 Å². The van der Waals surface area contributed by atoms with Crippen molar-refractivity contribution in [2.75, 3.05) is 10.0 Å². The number of hydrogen-bond acceptors (Lipinski definition) is 7. The molecule has 9 nitrogen and oxygen atoms in total. The van der Waals surface area contributed by atoms with E-state index < -0.39 is 44.4 Å². The number of anilines is 2. The van der Waals surface area contributed by atoms with Gasteiger partial charge in [-0.15, -0.1) is 0 Å². The molecule has 2 atom stereocenters. The van der Waals surface area contributed by atoms with Crippen molar-refractivity contribution >= 4 is 61.7 Å². The van der Waals surface area contributed by atoms with E-state index in [0.29, 0.717) is 29.7 Å². The van der Waals surface area contributed by atoms with Crippen molar-refractivity contribution in [1.82, 2.24) is 9.97 Å². The number of primary amides is 1. The number of sulfonamides is 1. The molecule has 1 heterocycles. The molecule has 1 aromatic heterocycles. The highest BCUT2D eigenvalue weighted by molar-refractivity contribution is 7.92. The summed E-state index contributed by atoms with van der Waals surface area (Å²) in [6.45, 7) is -0.573. The molecule has 5 N–H and O–H groups in total. The van der Waals surface area contributed by atoms with E-state index in [1.807, 2.05) is 0 Å². The quantitative estimate of drug-likeness (QED) is 0.210. The van der Waals surface area contributed by atoms with Crippen molar-refractivity contribution < 1.29 is 27.1 Å². The number of nitrogens with two attached hydrogens (primary N) is 1. The van der Waals surface area contributed by atoms with Gasteiger partial charge in [-0.25, -0.2) is 27.2 Å². The number of carbonyl (C=O) groups excluding carboxylic acids is 1. The van der Waals surface area contributed by atoms with Gasteiger partial charge in [-0.05, 0) is 66.8 Å². The number of aliphatic hydroxyl groups excluding tert-OH is 1. The molecule has 0 unspecified atom stereocenters. The summed E-state index contributed by atoms with van der Waals surface area (Å²) >= 11 is 12.1. The van der Waals surface area contributed by atoms with Gasteiger partial charge >= 0.3 is 0 Å². The molecule has 1 saturated carbocycles. The smallest absolute Gasteiger partial charge is 0.263 e. The number of benzene rings is 3. The Morgan fingerprint density at radius 2 is 1.90 bits per heavy atom. The van der Waals surface area contributed by atoms with Crippen molar-refractivity contribution in [3.63, 3.8) is 0 Å². The molecule has 41 heavy (non-hydrogen) atoms. The van der Waals surface area contributed by atoms with Crippen molar-refractivity contribution in [2.45, 2.75) is 36.8 Å². The average Bonchev–Trinajstić information content (AvgIpc) is 3.40. The van der Waals surface area contributed by atoms with Gasteiger partial charge in [0, 0.05) is 28.6 Å². The molecule has 5 rings (SSSR count). The third-order valence-electron chi connectivity index (χ3n) is 6.91. The first-order valence-corrected chi connectivity index (χ1v) is 14.6. The maximum absolute atomic E-state index is 15.6. The van der Waals surface area contributed by atoms with Crippen molar-refractivity contribution in [1.29, 1.82) is 0 Å². The normalized spacial score (nSPS) is 17.1. The summed E-state index contributed by atoms with van der Waals surface area (Å²) in [5.41, 5.74) is 5.10. The Kier molecular flexibility index (Phi) is 8.02. The highest BCUT2D eigenvalue weighted by atomic mass is 35.5. The summed E-state index contributed by atoms with van der Waals surface area (Å²) in [5.74, 6) is -2.25. The van der Waals surface area contributed by atoms with Gasteiger partial charge in [0.25, 0.3) is 10.0 Å². The first-order valence-electron chi connectivity index (χ1n) is 12.4. The van der Waals surface area contributed by atoms with Crippen LogP contribution >= 0.6 is 23.2 Å². The Hall–Kier alpha value is -3.58. The van der Waals surface area contributed by atoms with E-state index in [2.05, 4.69) is 20.0 Å². The molecule has 214 valence electrons. The Bertz CT molecular complexity index is 1790. The predicted molar refractivity (Wildman–Crippen MR) is 152 cm³/mol. The van der Waals surface area contributed by atoms with Crippen LogP contribution in [0.2, 0.25) is 10.0 Å². The molecule has 0 saturated heterocycles. The van der Waals surface area contributed by atoms with Crippen LogP contribution in [0.5, 0.6) is 0 Å². The van der Waals surface area contributed by atoms with Gasteiger partial charge in [-0.1, -0.05) is 29.3 Å². The lowest BCUT2D eigenvalue weighted by Crippen LogP contribution is -2.23. The van der Waals surface area contributed by atoms with E-state index in [4.69, 9.17) is 28.9 Å². The van der Waals surface area contributed by atoms with Crippen LogP contribution in [-0.2, 0) is 21.4 Å². The first-order chi connectivity index (χ1) is 19.5. The SMILES string of the molecule is NC(=O)[C@@H]1CC[C@@H](Nc2ncc3cc(-c4c(F)ccc(NS(=O)(=O)c5cc(Cl)cc(CO)c5Cl)c4F)ccc3n2)C1. The number of aromatic nitrogens is 2. The monoisotopic (exact) mass is 621 g/mol. The van der Waals surface area contributed by atoms with Gasteiger partial charge in [0.05, 0.1) is 28.4 Å². The number of hydrogen-bond donors (Lipinski definition) is 4. The third kappa shape index (κ3) is 5.91. The Morgan fingerprint density at radius 1 is 1.12 bits per heavy atom. The summed E-state index contributed by atoms with van der Waals surface area (Å²) < 4.78 is 58.8. The molecule has 1 fully saturated rings. The number of halogens is 4. The fourth-order valence-electron chi connectivity index (χ4n) is 4.84. The molecule has 0 spiro atoms. The van der Waals surface area contributed by atoms with Gasteiger partial charge in [0.1, 0.15) is 10.7 Å². The summed E-state index contributed by atoms with van der Waals surface area (Å²) in [6.07, 6.45) is 3.52. The molecule has 4 aromatic rings. The molecule has 1 aliphatic rings. The predicted octanol–water partition coefficient (Wildman–Crippen LogP) is 5.24. The van der Waals surface area contributed by atoms with Crippen LogP contribution in [0, 0.1) is 17.6 Å². The van der Waals surface area contributed by atoms with Crippen molar-refractivity contribution in [3.05, 3.63) is 75.9 Å². The van der Waals surface area contributed by atoms with Crippen LogP contribution in [0.4, 0.5) is 20.4 Å². The van der Waals surface area contributed by atoms with Crippen LogP contribution in [0.15, 0.2) is 53.6 Å². The third-order valence-corrected chi connectivity index (χ3v) is 9.08. The lowest BCUT2D eigenvalue weighted by Gasteiger charge is -2.15. The topological polar surface area (TPSA) is 147 Å². The lowest BCUT2D eigenvalue weighted by atomic mass is 10.0. The highest BCUT2D eigenvalue weighted by Crippen LogP contribution is 2.35. The van der Waals surface area contributed by atoms with E-state index in [0.717, 1.165) is 24.6 Å². The van der Waals surface area contributed by atoms with Gasteiger partial charge in [0.15, 0.2) is 5.82 Å². The van der Waals surface area contributed by atoms with E-state index >= 15 is 4.39 Å². The van der Waals surface area contributed by atoms with Crippen molar-refractivity contribution in [3.8, 4) is 11.1 Å². The van der Waals surface area contributed by atoms with E-state index in [-0.39, 0.29) is 39.0 Å². The van der Waals surface area contributed by atoms with Crippen LogP contribution in [-0.4, -0.2) is 35.4 Å². The molecular formula is C27H23Cl2F2N5O4S. The summed E-state index contributed by atoms with van der Waals surface area (Å²) in [6, 6.07) is 8.75. The van der Waals surface area contributed by atoms with Gasteiger partial charge < -0.3 is 16.2 Å². The number of aliphatic hydroxyl groups is 1. The van der Waals surface area contributed by atoms with Gasteiger partial charge in [-0.3, -0.25) is 9.52 Å². The van der Waals surface area contributed by atoms with Crippen LogP contribution in [0.25, 0.3) is 22.0 Å². The molecule has 0 aliphatic heterocycles. The zero-order valence-electron chi connectivity index (χ0n) is 21.2. The maximum Gasteiger partial charge on any atom is 0.263 e. The number of rotatable bonds is 8. The summed E-state index contributed by atoms with van der Waals surface area (Å²) in [5, 5.41) is 12.8. The number of carbonyl (C=O) groups is 1.